The van der Waals surface area contributed by atoms with E-state index in [9.17, 15) is 22.8 Å². The van der Waals surface area contributed by atoms with Crippen molar-refractivity contribution in [2.45, 2.75) is 57.0 Å². The van der Waals surface area contributed by atoms with Gasteiger partial charge in [-0.25, -0.2) is 12.7 Å². The molecule has 1 N–H and O–H groups in total. The number of sulfonamides is 1. The zero-order valence-corrected chi connectivity index (χ0v) is 23.7. The van der Waals surface area contributed by atoms with Gasteiger partial charge in [-0.3, -0.25) is 14.4 Å². The van der Waals surface area contributed by atoms with Gasteiger partial charge < -0.3 is 10.2 Å². The first-order valence-corrected chi connectivity index (χ1v) is 15.0. The number of benzene rings is 3. The van der Waals surface area contributed by atoms with Crippen LogP contribution in [0.4, 0.5) is 0 Å². The van der Waals surface area contributed by atoms with Crippen LogP contribution in [0.2, 0.25) is 0 Å². The second kappa shape index (κ2) is 12.9. The van der Waals surface area contributed by atoms with E-state index in [-0.39, 0.29) is 48.2 Å². The van der Waals surface area contributed by atoms with E-state index < -0.39 is 22.0 Å². The molecule has 4 rings (SSSR count). The number of hydrogen-bond donors (Lipinski definition) is 1. The number of nitrogens with zero attached hydrogens (tertiary/aromatic N) is 2. The molecule has 210 valence electrons. The van der Waals surface area contributed by atoms with Gasteiger partial charge in [0.2, 0.25) is 11.8 Å². The van der Waals surface area contributed by atoms with Gasteiger partial charge in [0.15, 0.2) is 0 Å². The van der Waals surface area contributed by atoms with Crippen molar-refractivity contribution < 1.29 is 22.8 Å². The molecule has 0 fully saturated rings. The Morgan fingerprint density at radius 1 is 0.925 bits per heavy atom. The molecule has 3 aromatic rings. The van der Waals surface area contributed by atoms with E-state index in [2.05, 4.69) is 5.32 Å². The summed E-state index contributed by atoms with van der Waals surface area (Å²) in [6.45, 7) is 4.54. The van der Waals surface area contributed by atoms with Crippen molar-refractivity contribution in [1.29, 1.82) is 0 Å². The molecule has 3 amide bonds. The molecule has 0 bridgehead atoms. The largest absolute Gasteiger partial charge is 0.354 e. The Bertz CT molecular complexity index is 1460. The maximum atomic E-state index is 13.8. The van der Waals surface area contributed by atoms with Crippen molar-refractivity contribution in [3.8, 4) is 0 Å². The number of rotatable bonds is 12. The molecule has 0 saturated carbocycles. The molecule has 1 heterocycles. The number of carbonyl (C=O) groups is 3. The topological polar surface area (TPSA) is 104 Å². The van der Waals surface area contributed by atoms with Gasteiger partial charge in [-0.2, -0.15) is 0 Å². The highest BCUT2D eigenvalue weighted by atomic mass is 32.2. The first kappa shape index (κ1) is 29.0. The van der Waals surface area contributed by atoms with E-state index in [0.717, 1.165) is 27.4 Å². The first-order chi connectivity index (χ1) is 19.2. The Kier molecular flexibility index (Phi) is 9.37. The maximum absolute atomic E-state index is 13.8. The van der Waals surface area contributed by atoms with E-state index in [1.807, 2.05) is 68.4 Å². The minimum absolute atomic E-state index is 0.0113. The summed E-state index contributed by atoms with van der Waals surface area (Å²) in [7, 11) is -3.95. The lowest BCUT2D eigenvalue weighted by Gasteiger charge is -2.32. The molecule has 0 saturated heterocycles. The normalized spacial score (nSPS) is 14.4. The molecular formula is C31H35N3O5S. The Morgan fingerprint density at radius 2 is 1.60 bits per heavy atom. The predicted molar refractivity (Wildman–Crippen MR) is 153 cm³/mol. The van der Waals surface area contributed by atoms with Gasteiger partial charge in [0.1, 0.15) is 10.9 Å². The van der Waals surface area contributed by atoms with Crippen LogP contribution in [-0.2, 0) is 32.6 Å². The standard InChI is InChI=1S/C31H35N3O5S/c1-3-19-32-30(36)27(21-24-10-5-4-6-11-24)33(22-25-17-15-23(2)16-18-25)29(35)14-9-20-34-31(37)26-12-7-8-13-28(26)40(34,38)39/h4-8,10-13,15-18,27H,3,9,14,19-22H2,1-2H3,(H,32,36). The molecule has 1 atom stereocenters. The van der Waals surface area contributed by atoms with Gasteiger partial charge >= 0.3 is 0 Å². The number of aryl methyl sites for hydroxylation is 1. The summed E-state index contributed by atoms with van der Waals surface area (Å²) in [4.78, 5) is 41.5. The molecular weight excluding hydrogens is 526 g/mol. The third-order valence-corrected chi connectivity index (χ3v) is 8.80. The fourth-order valence-electron chi connectivity index (χ4n) is 4.78. The van der Waals surface area contributed by atoms with Crippen molar-refractivity contribution in [3.63, 3.8) is 0 Å². The zero-order valence-electron chi connectivity index (χ0n) is 22.9. The minimum Gasteiger partial charge on any atom is -0.354 e. The van der Waals surface area contributed by atoms with Crippen LogP contribution in [0.3, 0.4) is 0 Å². The molecule has 3 aromatic carbocycles. The van der Waals surface area contributed by atoms with Crippen molar-refractivity contribution in [3.05, 3.63) is 101 Å². The third-order valence-electron chi connectivity index (χ3n) is 6.96. The van der Waals surface area contributed by atoms with Crippen molar-refractivity contribution in [2.75, 3.05) is 13.1 Å². The van der Waals surface area contributed by atoms with Crippen LogP contribution in [0.5, 0.6) is 0 Å². The summed E-state index contributed by atoms with van der Waals surface area (Å²) < 4.78 is 26.7. The number of hydrogen-bond acceptors (Lipinski definition) is 5. The quantitative estimate of drug-likeness (QED) is 0.359. The molecule has 0 spiro atoms. The van der Waals surface area contributed by atoms with Crippen molar-refractivity contribution >= 4 is 27.7 Å². The van der Waals surface area contributed by atoms with Crippen molar-refractivity contribution in [1.82, 2.24) is 14.5 Å². The van der Waals surface area contributed by atoms with Gasteiger partial charge in [-0.1, -0.05) is 79.2 Å². The fraction of sp³-hybridized carbons (Fsp3) is 0.323. The van der Waals surface area contributed by atoms with E-state index in [1.54, 1.807) is 17.0 Å². The van der Waals surface area contributed by atoms with Gasteiger partial charge in [0.25, 0.3) is 15.9 Å². The molecule has 1 aliphatic heterocycles. The minimum atomic E-state index is -3.95. The lowest BCUT2D eigenvalue weighted by atomic mass is 10.0. The molecule has 40 heavy (non-hydrogen) atoms. The van der Waals surface area contributed by atoms with Crippen molar-refractivity contribution in [2.24, 2.45) is 0 Å². The SMILES string of the molecule is CCCNC(=O)C(Cc1ccccc1)N(Cc1ccc(C)cc1)C(=O)CCCN1C(=O)c2ccccc2S1(=O)=O. The summed E-state index contributed by atoms with van der Waals surface area (Å²) in [5.74, 6) is -1.10. The molecule has 9 heteroatoms. The Hall–Kier alpha value is -3.98. The van der Waals surface area contributed by atoms with Gasteiger partial charge in [0, 0.05) is 32.5 Å². The predicted octanol–water partition coefficient (Wildman–Crippen LogP) is 4.09. The summed E-state index contributed by atoms with van der Waals surface area (Å²) >= 11 is 0. The smallest absolute Gasteiger partial charge is 0.269 e. The lowest BCUT2D eigenvalue weighted by molar-refractivity contribution is -0.141. The highest BCUT2D eigenvalue weighted by molar-refractivity contribution is 7.90. The first-order valence-electron chi connectivity index (χ1n) is 13.5. The highest BCUT2D eigenvalue weighted by Crippen LogP contribution is 2.30. The number of carbonyl (C=O) groups excluding carboxylic acids is 3. The summed E-state index contributed by atoms with van der Waals surface area (Å²) in [6, 6.07) is 22.7. The Balaban J connectivity index is 1.55. The molecule has 1 aliphatic rings. The van der Waals surface area contributed by atoms with Crippen LogP contribution < -0.4 is 5.32 Å². The number of amides is 3. The van der Waals surface area contributed by atoms with Gasteiger partial charge in [0.05, 0.1) is 5.56 Å². The van der Waals surface area contributed by atoms with E-state index in [1.165, 1.54) is 12.1 Å². The second-order valence-electron chi connectivity index (χ2n) is 9.99. The monoisotopic (exact) mass is 561 g/mol. The summed E-state index contributed by atoms with van der Waals surface area (Å²) in [5.41, 5.74) is 3.03. The zero-order chi connectivity index (χ0) is 28.7. The van der Waals surface area contributed by atoms with Crippen LogP contribution in [0.15, 0.2) is 83.8 Å². The summed E-state index contributed by atoms with van der Waals surface area (Å²) in [6.07, 6.45) is 1.21. The third kappa shape index (κ3) is 6.59. The summed E-state index contributed by atoms with van der Waals surface area (Å²) in [5, 5.41) is 2.95. The van der Waals surface area contributed by atoms with Crippen LogP contribution in [0.1, 0.15) is 53.2 Å². The molecule has 0 aromatic heterocycles. The van der Waals surface area contributed by atoms with Crippen LogP contribution in [0.25, 0.3) is 0 Å². The van der Waals surface area contributed by atoms with Crippen LogP contribution >= 0.6 is 0 Å². The van der Waals surface area contributed by atoms with Crippen LogP contribution in [0, 0.1) is 6.92 Å². The maximum Gasteiger partial charge on any atom is 0.269 e. The average Bonchev–Trinajstić information content (AvgIpc) is 3.15. The number of fused-ring (bicyclic) bond motifs is 1. The highest BCUT2D eigenvalue weighted by Gasteiger charge is 2.40. The molecule has 0 radical (unpaired) electrons. The Morgan fingerprint density at radius 3 is 2.27 bits per heavy atom. The van der Waals surface area contributed by atoms with E-state index >= 15 is 0 Å². The molecule has 1 unspecified atom stereocenters. The molecule has 8 nitrogen and oxygen atoms in total. The molecule has 0 aliphatic carbocycles. The lowest BCUT2D eigenvalue weighted by Crippen LogP contribution is -2.50. The fourth-order valence-corrected chi connectivity index (χ4v) is 6.39. The van der Waals surface area contributed by atoms with E-state index in [4.69, 9.17) is 0 Å². The second-order valence-corrected chi connectivity index (χ2v) is 11.8. The Labute approximate surface area is 236 Å². The van der Waals surface area contributed by atoms with Gasteiger partial charge in [-0.15, -0.1) is 0 Å². The number of nitrogens with one attached hydrogen (secondary N) is 1. The van der Waals surface area contributed by atoms with E-state index in [0.29, 0.717) is 13.0 Å². The average molecular weight is 562 g/mol. The van der Waals surface area contributed by atoms with Crippen LogP contribution in [-0.4, -0.2) is 54.5 Å². The van der Waals surface area contributed by atoms with Gasteiger partial charge in [-0.05, 0) is 43.0 Å².